The summed E-state index contributed by atoms with van der Waals surface area (Å²) in [7, 11) is 0. The van der Waals surface area contributed by atoms with E-state index in [1.54, 1.807) is 0 Å². The number of nitrogens with two attached hydrogens (primary N) is 1. The average molecular weight is 321 g/mol. The molecule has 3 rings (SSSR count). The van der Waals surface area contributed by atoms with Gasteiger partial charge in [0.25, 0.3) is 0 Å². The first-order valence-electron chi connectivity index (χ1n) is 5.73. The van der Waals surface area contributed by atoms with Gasteiger partial charge in [-0.05, 0) is 12.3 Å². The Morgan fingerprint density at radius 1 is 1.50 bits per heavy atom. The van der Waals surface area contributed by atoms with Crippen molar-refractivity contribution in [2.75, 3.05) is 0 Å². The van der Waals surface area contributed by atoms with Crippen molar-refractivity contribution < 1.29 is 19.8 Å². The highest BCUT2D eigenvalue weighted by Crippen LogP contribution is 2.65. The first kappa shape index (κ1) is 15.1. The predicted octanol–water partition coefficient (Wildman–Crippen LogP) is -0.180. The normalized spacial score (nSPS) is 37.9. The summed E-state index contributed by atoms with van der Waals surface area (Å²) in [4.78, 5) is 25.3. The van der Waals surface area contributed by atoms with Gasteiger partial charge in [-0.2, -0.15) is 0 Å². The van der Waals surface area contributed by atoms with Gasteiger partial charge >= 0.3 is 11.9 Å². The summed E-state index contributed by atoms with van der Waals surface area (Å²) >= 11 is 1.31. The third-order valence-electron chi connectivity index (χ3n) is 3.98. The average Bonchev–Trinajstić information content (AvgIpc) is 2.77. The van der Waals surface area contributed by atoms with E-state index >= 15 is 0 Å². The highest BCUT2D eigenvalue weighted by molar-refractivity contribution is 7.99. The highest BCUT2D eigenvalue weighted by Gasteiger charge is 2.74. The molecule has 0 bridgehead atoms. The third-order valence-corrected chi connectivity index (χ3v) is 5.19. The van der Waals surface area contributed by atoms with E-state index in [9.17, 15) is 14.7 Å². The molecule has 8 nitrogen and oxygen atoms in total. The van der Waals surface area contributed by atoms with Crippen LogP contribution in [0.2, 0.25) is 0 Å². The standard InChI is InChI=1S/C10H12N4O4S.ClH/c11-10(8(17)18)1-3(19-9-12-2-13-14-9)4-5(6(4)10)7(15)16;/h2-6H,1,11H2,(H,15,16)(H,17,18)(H,12,13,14);1H/t3-,4+,5+,6+,10+;/m1./s1. The number of halogens is 1. The number of aromatic nitrogens is 3. The third kappa shape index (κ3) is 2.05. The van der Waals surface area contributed by atoms with Crippen molar-refractivity contribution in [3.8, 4) is 0 Å². The minimum Gasteiger partial charge on any atom is -0.481 e. The number of carboxylic acids is 2. The van der Waals surface area contributed by atoms with Crippen LogP contribution in [0.3, 0.4) is 0 Å². The number of nitrogens with zero attached hydrogens (tertiary/aromatic N) is 2. The second-order valence-electron chi connectivity index (χ2n) is 4.97. The molecule has 2 saturated carbocycles. The summed E-state index contributed by atoms with van der Waals surface area (Å²) in [5.74, 6) is -3.49. The molecule has 1 heterocycles. The summed E-state index contributed by atoms with van der Waals surface area (Å²) < 4.78 is 0. The molecule has 5 N–H and O–H groups in total. The number of rotatable bonds is 4. The molecule has 0 spiro atoms. The van der Waals surface area contributed by atoms with Crippen LogP contribution in [0.15, 0.2) is 11.5 Å². The van der Waals surface area contributed by atoms with E-state index in [2.05, 4.69) is 15.2 Å². The SMILES string of the molecule is Cl.N[C@@]1(C(=O)O)C[C@@H](Sc2nnc[nH]2)[C@H]2[C@H](C(=O)O)[C@H]21. The number of fused-ring (bicyclic) bond motifs is 1. The predicted molar refractivity (Wildman–Crippen MR) is 70.6 cm³/mol. The van der Waals surface area contributed by atoms with Gasteiger partial charge in [0.1, 0.15) is 11.9 Å². The van der Waals surface area contributed by atoms with E-state index in [1.807, 2.05) is 0 Å². The Morgan fingerprint density at radius 2 is 2.20 bits per heavy atom. The number of hydrogen-bond donors (Lipinski definition) is 4. The van der Waals surface area contributed by atoms with Crippen LogP contribution in [0.4, 0.5) is 0 Å². The van der Waals surface area contributed by atoms with Gasteiger partial charge in [-0.15, -0.1) is 22.6 Å². The molecular formula is C10H13ClN4O4S. The van der Waals surface area contributed by atoms with Crippen LogP contribution in [0.1, 0.15) is 6.42 Å². The van der Waals surface area contributed by atoms with E-state index in [-0.39, 0.29) is 30.0 Å². The van der Waals surface area contributed by atoms with Crippen LogP contribution in [0.5, 0.6) is 0 Å². The number of aromatic amines is 1. The molecular weight excluding hydrogens is 308 g/mol. The van der Waals surface area contributed by atoms with Crippen LogP contribution in [0, 0.1) is 17.8 Å². The monoisotopic (exact) mass is 320 g/mol. The molecule has 2 aliphatic carbocycles. The summed E-state index contributed by atoms with van der Waals surface area (Å²) in [6.07, 6.45) is 1.66. The largest absolute Gasteiger partial charge is 0.481 e. The van der Waals surface area contributed by atoms with E-state index < -0.39 is 29.3 Å². The van der Waals surface area contributed by atoms with Gasteiger partial charge < -0.3 is 20.9 Å². The summed E-state index contributed by atoms with van der Waals surface area (Å²) in [5.41, 5.74) is 4.46. The fraction of sp³-hybridized carbons (Fsp3) is 0.600. The first-order chi connectivity index (χ1) is 8.95. The van der Waals surface area contributed by atoms with E-state index in [0.717, 1.165) is 0 Å². The molecule has 0 amide bonds. The Bertz CT molecular complexity index is 541. The Hall–Kier alpha value is -1.32. The Kier molecular flexibility index (Phi) is 3.69. The molecule has 1 aromatic heterocycles. The van der Waals surface area contributed by atoms with Crippen LogP contribution < -0.4 is 5.73 Å². The number of nitrogens with one attached hydrogen (secondary N) is 1. The van der Waals surface area contributed by atoms with Gasteiger partial charge in [-0.25, -0.2) is 0 Å². The van der Waals surface area contributed by atoms with Crippen molar-refractivity contribution in [2.45, 2.75) is 22.4 Å². The van der Waals surface area contributed by atoms with Crippen molar-refractivity contribution >= 4 is 36.1 Å². The van der Waals surface area contributed by atoms with Gasteiger partial charge in [0.2, 0.25) is 0 Å². The van der Waals surface area contributed by atoms with Crippen LogP contribution in [-0.2, 0) is 9.59 Å². The summed E-state index contributed by atoms with van der Waals surface area (Å²) in [6, 6.07) is 0. The molecule has 0 saturated heterocycles. The van der Waals surface area contributed by atoms with Gasteiger partial charge in [-0.3, -0.25) is 9.59 Å². The Labute approximate surface area is 123 Å². The molecule has 0 radical (unpaired) electrons. The maximum atomic E-state index is 11.3. The minimum absolute atomic E-state index is 0. The van der Waals surface area contributed by atoms with Gasteiger partial charge in [0.15, 0.2) is 5.16 Å². The zero-order valence-corrected chi connectivity index (χ0v) is 11.7. The molecule has 10 heteroatoms. The topological polar surface area (TPSA) is 142 Å². The molecule has 5 atom stereocenters. The lowest BCUT2D eigenvalue weighted by Crippen LogP contribution is -2.50. The molecule has 0 aromatic carbocycles. The number of carboxylic acid groups (broad SMARTS) is 2. The van der Waals surface area contributed by atoms with Crippen LogP contribution in [0.25, 0.3) is 0 Å². The second-order valence-corrected chi connectivity index (χ2v) is 6.20. The fourth-order valence-electron chi connectivity index (χ4n) is 3.13. The highest BCUT2D eigenvalue weighted by atomic mass is 35.5. The second kappa shape index (κ2) is 4.90. The fourth-order valence-corrected chi connectivity index (χ4v) is 4.49. The van der Waals surface area contributed by atoms with Gasteiger partial charge in [-0.1, -0.05) is 11.8 Å². The molecule has 2 aliphatic rings. The quantitative estimate of drug-likeness (QED) is 0.598. The number of aliphatic carboxylic acids is 2. The van der Waals surface area contributed by atoms with E-state index in [0.29, 0.717) is 5.16 Å². The van der Waals surface area contributed by atoms with E-state index in [1.165, 1.54) is 18.1 Å². The summed E-state index contributed by atoms with van der Waals surface area (Å²) in [6.45, 7) is 0. The number of hydrogen-bond acceptors (Lipinski definition) is 6. The van der Waals surface area contributed by atoms with Crippen molar-refractivity contribution in [3.63, 3.8) is 0 Å². The molecule has 1 aromatic rings. The molecule has 2 fully saturated rings. The lowest BCUT2D eigenvalue weighted by atomic mass is 9.91. The molecule has 20 heavy (non-hydrogen) atoms. The number of H-pyrrole nitrogens is 1. The van der Waals surface area contributed by atoms with Crippen molar-refractivity contribution in [2.24, 2.45) is 23.5 Å². The maximum Gasteiger partial charge on any atom is 0.324 e. The number of thioether (sulfide) groups is 1. The first-order valence-corrected chi connectivity index (χ1v) is 6.61. The van der Waals surface area contributed by atoms with Crippen molar-refractivity contribution in [1.82, 2.24) is 15.2 Å². The molecule has 0 unspecified atom stereocenters. The van der Waals surface area contributed by atoms with Crippen LogP contribution >= 0.6 is 24.2 Å². The number of carbonyl (C=O) groups is 2. The van der Waals surface area contributed by atoms with Crippen LogP contribution in [-0.4, -0.2) is 48.1 Å². The lowest BCUT2D eigenvalue weighted by molar-refractivity contribution is -0.145. The maximum absolute atomic E-state index is 11.3. The van der Waals surface area contributed by atoms with E-state index in [4.69, 9.17) is 10.8 Å². The zero-order valence-electron chi connectivity index (χ0n) is 10.1. The smallest absolute Gasteiger partial charge is 0.324 e. The van der Waals surface area contributed by atoms with Gasteiger partial charge in [0.05, 0.1) is 5.92 Å². The molecule has 0 aliphatic heterocycles. The van der Waals surface area contributed by atoms with Crippen molar-refractivity contribution in [1.29, 1.82) is 0 Å². The zero-order chi connectivity index (χ0) is 13.8. The Balaban J connectivity index is 0.00000147. The molecule has 110 valence electrons. The minimum atomic E-state index is -1.45. The lowest BCUT2D eigenvalue weighted by Gasteiger charge is -2.23. The van der Waals surface area contributed by atoms with Crippen molar-refractivity contribution in [3.05, 3.63) is 6.33 Å². The van der Waals surface area contributed by atoms with Gasteiger partial charge in [0, 0.05) is 11.2 Å². The Morgan fingerprint density at radius 3 is 2.70 bits per heavy atom. The summed E-state index contributed by atoms with van der Waals surface area (Å²) in [5, 5.41) is 26.2.